The monoisotopic (exact) mass is 850 g/mol. The van der Waals surface area contributed by atoms with Crippen LogP contribution in [0.15, 0.2) is 243 Å². The molecule has 62 heavy (non-hydrogen) atoms. The molecule has 1 N–H and O–H groups in total. The quantitative estimate of drug-likeness (QED) is 0.0778. The molecule has 0 bridgehead atoms. The summed E-state index contributed by atoms with van der Waals surface area (Å²) in [5, 5.41) is 24.0. The Balaban J connectivity index is 0.000000191. The zero-order chi connectivity index (χ0) is 43.1. The van der Waals surface area contributed by atoms with Gasteiger partial charge in [0, 0.05) is 14.5 Å². The maximum atomic E-state index is 8.53. The maximum absolute atomic E-state index is 8.53. The molecular formula is C56H57BO3P2. The van der Waals surface area contributed by atoms with Crippen LogP contribution in [-0.4, -0.2) is 12.3 Å². The first-order valence-corrected chi connectivity index (χ1v) is 26.4. The van der Waals surface area contributed by atoms with Crippen molar-refractivity contribution >= 4 is 21.8 Å². The van der Waals surface area contributed by atoms with Gasteiger partial charge in [-0.3, -0.25) is 0 Å². The number of hydrogen-bond acceptors (Lipinski definition) is 3. The molecular weight excluding hydrogens is 793 g/mol. The van der Waals surface area contributed by atoms with E-state index in [9.17, 15) is 0 Å². The summed E-state index contributed by atoms with van der Waals surface area (Å²) in [4.78, 5) is 0. The lowest BCUT2D eigenvalue weighted by molar-refractivity contribution is -0.376. The fraction of sp³-hybridized carbons (Fsp3) is 0.143. The van der Waals surface area contributed by atoms with Crippen LogP contribution in [-0.2, 0) is 49.3 Å². The molecule has 0 unspecified atom stereocenters. The Labute approximate surface area is 371 Å². The summed E-state index contributed by atoms with van der Waals surface area (Å²) in [5.74, 6) is 0. The lowest BCUT2D eigenvalue weighted by Crippen LogP contribution is -2.44. The number of hydrogen-bond donors (Lipinski definition) is 1. The van der Waals surface area contributed by atoms with Gasteiger partial charge >= 0.3 is 0 Å². The standard InChI is InChI=1S/2C28H28P.BHO3/c2*1-5-13-25(14-6-1)21-29(22-26-15-7-2-8-16-26,23-27-17-9-3-10-18-27)24-28-19-11-4-12-20-28;2-1(3)4/h2*1-20H,21-24H2;2H/q2*+1;-2. The normalized spacial score (nSPS) is 11.0. The van der Waals surface area contributed by atoms with E-state index < -0.39 is 21.8 Å². The molecule has 0 fully saturated rings. The Hall–Kier alpha value is -5.44. The molecule has 0 heterocycles. The summed E-state index contributed by atoms with van der Waals surface area (Å²) < 4.78 is 0. The highest BCUT2D eigenvalue weighted by Gasteiger charge is 2.40. The third-order valence-corrected chi connectivity index (χ3v) is 19.2. The van der Waals surface area contributed by atoms with Crippen molar-refractivity contribution in [1.82, 2.24) is 0 Å². The molecule has 0 saturated heterocycles. The molecule has 0 aliphatic rings. The lowest BCUT2D eigenvalue weighted by Gasteiger charge is -2.29. The van der Waals surface area contributed by atoms with E-state index in [1.807, 2.05) is 0 Å². The summed E-state index contributed by atoms with van der Waals surface area (Å²) in [6.45, 7) is 0. The van der Waals surface area contributed by atoms with Crippen LogP contribution in [0.2, 0.25) is 0 Å². The van der Waals surface area contributed by atoms with E-state index in [4.69, 9.17) is 15.1 Å². The van der Waals surface area contributed by atoms with Crippen molar-refractivity contribution in [3.05, 3.63) is 287 Å². The van der Waals surface area contributed by atoms with Crippen molar-refractivity contribution in [1.29, 1.82) is 0 Å². The molecule has 0 spiro atoms. The van der Waals surface area contributed by atoms with Crippen LogP contribution in [0.1, 0.15) is 44.5 Å². The minimum Gasteiger partial charge on any atom is -0.871 e. The first-order valence-electron chi connectivity index (χ1n) is 21.4. The molecule has 3 nitrogen and oxygen atoms in total. The van der Waals surface area contributed by atoms with Crippen molar-refractivity contribution in [2.45, 2.75) is 49.3 Å². The second-order valence-corrected chi connectivity index (χ2v) is 24.0. The summed E-state index contributed by atoms with van der Waals surface area (Å²) in [5.41, 5.74) is 11.7. The van der Waals surface area contributed by atoms with Gasteiger partial charge in [0.25, 0.3) is 0 Å². The van der Waals surface area contributed by atoms with Crippen LogP contribution in [0, 0.1) is 0 Å². The summed E-state index contributed by atoms with van der Waals surface area (Å²) in [6.07, 6.45) is 9.39. The molecule has 0 radical (unpaired) electrons. The smallest absolute Gasteiger partial charge is 0.0852 e. The summed E-state index contributed by atoms with van der Waals surface area (Å²) in [7, 11) is -5.43. The molecule has 8 aromatic rings. The van der Waals surface area contributed by atoms with Gasteiger partial charge in [0.2, 0.25) is 0 Å². The predicted molar refractivity (Wildman–Crippen MR) is 263 cm³/mol. The lowest BCUT2D eigenvalue weighted by atomic mass is 10.2. The van der Waals surface area contributed by atoms with Crippen molar-refractivity contribution < 1.29 is 15.1 Å². The zero-order valence-electron chi connectivity index (χ0n) is 35.5. The molecule has 312 valence electrons. The van der Waals surface area contributed by atoms with E-state index in [1.54, 1.807) is 0 Å². The van der Waals surface area contributed by atoms with Crippen molar-refractivity contribution in [2.24, 2.45) is 0 Å². The third kappa shape index (κ3) is 16.1. The van der Waals surface area contributed by atoms with Gasteiger partial charge in [-0.15, -0.1) is 0 Å². The largest absolute Gasteiger partial charge is 0.871 e. The first kappa shape index (κ1) is 46.1. The van der Waals surface area contributed by atoms with Gasteiger partial charge in [-0.2, -0.15) is 0 Å². The van der Waals surface area contributed by atoms with Gasteiger partial charge in [0.05, 0.1) is 56.6 Å². The Kier molecular flexibility index (Phi) is 18.5. The Morgan fingerprint density at radius 1 is 0.242 bits per heavy atom. The van der Waals surface area contributed by atoms with E-state index in [-0.39, 0.29) is 0 Å². The highest BCUT2D eigenvalue weighted by atomic mass is 31.2. The zero-order valence-corrected chi connectivity index (χ0v) is 37.3. The Morgan fingerprint density at radius 3 is 0.435 bits per heavy atom. The number of rotatable bonds is 16. The molecule has 0 atom stereocenters. The van der Waals surface area contributed by atoms with E-state index in [1.165, 1.54) is 93.8 Å². The van der Waals surface area contributed by atoms with Crippen LogP contribution >= 0.6 is 14.5 Å². The van der Waals surface area contributed by atoms with Gasteiger partial charge in [-0.25, -0.2) is 0 Å². The minimum absolute atomic E-state index is 1.17. The second-order valence-electron chi connectivity index (χ2n) is 16.1. The topological polar surface area (TPSA) is 66.3 Å². The molecule has 0 aromatic heterocycles. The van der Waals surface area contributed by atoms with E-state index in [2.05, 4.69) is 243 Å². The first-order chi connectivity index (χ1) is 30.4. The highest BCUT2D eigenvalue weighted by molar-refractivity contribution is 7.73. The molecule has 6 heteroatoms. The maximum Gasteiger partial charge on any atom is 0.0852 e. The second kappa shape index (κ2) is 24.9. The molecule has 0 saturated carbocycles. The highest BCUT2D eigenvalue weighted by Crippen LogP contribution is 2.69. The summed E-state index contributed by atoms with van der Waals surface area (Å²) >= 11 is 0. The van der Waals surface area contributed by atoms with Crippen LogP contribution in [0.4, 0.5) is 0 Å². The van der Waals surface area contributed by atoms with Gasteiger partial charge in [-0.1, -0.05) is 243 Å². The van der Waals surface area contributed by atoms with Crippen LogP contribution in [0.3, 0.4) is 0 Å². The fourth-order valence-corrected chi connectivity index (χ4v) is 17.7. The minimum atomic E-state index is -2.67. The molecule has 8 rings (SSSR count). The van der Waals surface area contributed by atoms with Crippen molar-refractivity contribution in [3.8, 4) is 0 Å². The molecule has 0 amide bonds. The van der Waals surface area contributed by atoms with E-state index in [0.29, 0.717) is 0 Å². The van der Waals surface area contributed by atoms with Crippen molar-refractivity contribution in [3.63, 3.8) is 0 Å². The van der Waals surface area contributed by atoms with Crippen molar-refractivity contribution in [2.75, 3.05) is 0 Å². The molecule has 8 aromatic carbocycles. The van der Waals surface area contributed by atoms with Crippen LogP contribution in [0.5, 0.6) is 0 Å². The predicted octanol–water partition coefficient (Wildman–Crippen LogP) is 12.3. The summed E-state index contributed by atoms with van der Waals surface area (Å²) in [6, 6.07) is 88.6. The third-order valence-electron chi connectivity index (χ3n) is 10.9. The van der Waals surface area contributed by atoms with E-state index in [0.717, 1.165) is 0 Å². The molecule has 0 aliphatic carbocycles. The van der Waals surface area contributed by atoms with Crippen LogP contribution in [0.25, 0.3) is 0 Å². The average Bonchev–Trinajstić information content (AvgIpc) is 3.29. The van der Waals surface area contributed by atoms with Gasteiger partial charge in [-0.05, 0) is 44.5 Å². The Morgan fingerprint density at radius 2 is 0.339 bits per heavy atom. The molecule has 0 aliphatic heterocycles. The van der Waals surface area contributed by atoms with Crippen LogP contribution < -0.4 is 10.0 Å². The SMILES string of the molecule is [O-]B([O-])O.c1ccc(C[P+](Cc2ccccc2)(Cc2ccccc2)Cc2ccccc2)cc1.c1ccc(C[P+](Cc2ccccc2)(Cc2ccccc2)Cc2ccccc2)cc1. The number of benzene rings is 8. The fourth-order valence-electron chi connectivity index (χ4n) is 8.44. The van der Waals surface area contributed by atoms with E-state index >= 15 is 0 Å². The van der Waals surface area contributed by atoms with Gasteiger partial charge in [0.1, 0.15) is 0 Å². The van der Waals surface area contributed by atoms with Gasteiger partial charge < -0.3 is 15.1 Å². The van der Waals surface area contributed by atoms with Gasteiger partial charge in [0.15, 0.2) is 0 Å². The average molecular weight is 851 g/mol. The Bertz CT molecular complexity index is 1860.